The van der Waals surface area contributed by atoms with Gasteiger partial charge in [-0.15, -0.1) is 0 Å². The summed E-state index contributed by atoms with van der Waals surface area (Å²) >= 11 is 0. The van der Waals surface area contributed by atoms with Crippen molar-refractivity contribution in [2.45, 2.75) is 19.4 Å². The van der Waals surface area contributed by atoms with Crippen molar-refractivity contribution in [2.24, 2.45) is 0 Å². The van der Waals surface area contributed by atoms with E-state index in [2.05, 4.69) is 0 Å². The third-order valence-corrected chi connectivity index (χ3v) is 1.26. The van der Waals surface area contributed by atoms with Crippen LogP contribution in [-0.4, -0.2) is 10.7 Å². The smallest absolute Gasteiger partial charge is 0.0840 e. The van der Waals surface area contributed by atoms with Gasteiger partial charge >= 0.3 is 0 Å². The van der Waals surface area contributed by atoms with Gasteiger partial charge in [-0.05, 0) is 19.4 Å². The predicted molar refractivity (Wildman–Crippen MR) is 33.5 cm³/mol. The van der Waals surface area contributed by atoms with Crippen LogP contribution < -0.4 is 0 Å². The quantitative estimate of drug-likeness (QED) is 0.538. The van der Waals surface area contributed by atoms with Crippen LogP contribution in [0.4, 0.5) is 0 Å². The van der Waals surface area contributed by atoms with Crippen LogP contribution in [0.2, 0.25) is 0 Å². The molecule has 0 radical (unpaired) electrons. The molecule has 0 unspecified atom stereocenters. The molecule has 0 spiro atoms. The molecule has 1 aliphatic rings. The Kier molecular flexibility index (Phi) is 1.01. The lowest BCUT2D eigenvalue weighted by Crippen LogP contribution is -2.22. The van der Waals surface area contributed by atoms with Gasteiger partial charge in [-0.2, -0.15) is 0 Å². The number of hydrogen-bond acceptors (Lipinski definition) is 1. The predicted octanol–water partition coefficient (Wildman–Crippen LogP) is 1.25. The van der Waals surface area contributed by atoms with E-state index in [4.69, 9.17) is 0 Å². The fourth-order valence-corrected chi connectivity index (χ4v) is 0.600. The van der Waals surface area contributed by atoms with E-state index in [1.807, 2.05) is 18.2 Å². The van der Waals surface area contributed by atoms with Crippen molar-refractivity contribution < 1.29 is 5.11 Å². The Morgan fingerprint density at radius 3 is 2.00 bits per heavy atom. The standard InChI is InChI=1S/C7H10O/c1-7(2,8)6-4-3-5-6/h3-5,8H,1-2H3. The first-order valence-corrected chi connectivity index (χ1v) is 2.72. The SMILES string of the molecule is CC(C)(O)C1=CC=C1. The van der Waals surface area contributed by atoms with Gasteiger partial charge in [0.15, 0.2) is 0 Å². The summed E-state index contributed by atoms with van der Waals surface area (Å²) in [5.74, 6) is 0. The normalized spacial score (nSPS) is 17.6. The van der Waals surface area contributed by atoms with E-state index in [0.29, 0.717) is 0 Å². The van der Waals surface area contributed by atoms with E-state index in [1.54, 1.807) is 13.8 Å². The van der Waals surface area contributed by atoms with Crippen molar-refractivity contribution in [1.82, 2.24) is 0 Å². The molecule has 8 heavy (non-hydrogen) atoms. The molecule has 1 N–H and O–H groups in total. The van der Waals surface area contributed by atoms with E-state index >= 15 is 0 Å². The Labute approximate surface area is 49.3 Å². The van der Waals surface area contributed by atoms with Crippen LogP contribution in [0.25, 0.3) is 0 Å². The lowest BCUT2D eigenvalue weighted by atomic mass is 9.92. The molecule has 0 amide bonds. The second kappa shape index (κ2) is 1.46. The highest BCUT2D eigenvalue weighted by molar-refractivity contribution is 5.40. The molecule has 0 fully saturated rings. The van der Waals surface area contributed by atoms with Gasteiger partial charge in [-0.25, -0.2) is 0 Å². The zero-order valence-electron chi connectivity index (χ0n) is 5.18. The second-order valence-electron chi connectivity index (χ2n) is 2.54. The van der Waals surface area contributed by atoms with Gasteiger partial charge in [0.2, 0.25) is 0 Å². The first-order valence-electron chi connectivity index (χ1n) is 2.72. The molecule has 0 aromatic carbocycles. The van der Waals surface area contributed by atoms with Gasteiger partial charge in [0, 0.05) is 0 Å². The molecule has 0 aliphatic heterocycles. The number of allylic oxidation sites excluding steroid dienone is 2. The summed E-state index contributed by atoms with van der Waals surface area (Å²) in [6.07, 6.45) is 5.76. The van der Waals surface area contributed by atoms with E-state index in [0.717, 1.165) is 5.57 Å². The first kappa shape index (κ1) is 5.57. The molecule has 0 bridgehead atoms. The maximum absolute atomic E-state index is 9.22. The molecule has 1 heteroatoms. The van der Waals surface area contributed by atoms with Crippen LogP contribution in [-0.2, 0) is 0 Å². The summed E-state index contributed by atoms with van der Waals surface area (Å²) in [4.78, 5) is 0. The maximum atomic E-state index is 9.22. The Morgan fingerprint density at radius 2 is 2.00 bits per heavy atom. The topological polar surface area (TPSA) is 20.2 Å². The zero-order valence-corrected chi connectivity index (χ0v) is 5.18. The lowest BCUT2D eigenvalue weighted by molar-refractivity contribution is 0.123. The summed E-state index contributed by atoms with van der Waals surface area (Å²) in [5, 5.41) is 9.22. The molecule has 1 aliphatic carbocycles. The minimum absolute atomic E-state index is 0.630. The van der Waals surface area contributed by atoms with Crippen LogP contribution in [0.15, 0.2) is 23.8 Å². The summed E-state index contributed by atoms with van der Waals surface area (Å²) in [6.45, 7) is 3.56. The van der Waals surface area contributed by atoms with Crippen LogP contribution >= 0.6 is 0 Å². The molecule has 0 saturated carbocycles. The third kappa shape index (κ3) is 0.819. The average molecular weight is 110 g/mol. The molecule has 1 rings (SSSR count). The molecule has 0 aromatic heterocycles. The molecule has 0 aromatic rings. The van der Waals surface area contributed by atoms with Gasteiger partial charge in [0.1, 0.15) is 0 Å². The molecule has 0 atom stereocenters. The van der Waals surface area contributed by atoms with Gasteiger partial charge in [0.25, 0.3) is 0 Å². The fraction of sp³-hybridized carbons (Fsp3) is 0.429. The van der Waals surface area contributed by atoms with E-state index in [1.165, 1.54) is 0 Å². The highest BCUT2D eigenvalue weighted by Crippen LogP contribution is 2.21. The average Bonchev–Trinajstić information content (AvgIpc) is 1.16. The van der Waals surface area contributed by atoms with Crippen molar-refractivity contribution in [3.05, 3.63) is 23.8 Å². The van der Waals surface area contributed by atoms with Crippen molar-refractivity contribution >= 4 is 0 Å². The van der Waals surface area contributed by atoms with Crippen molar-refractivity contribution in [2.75, 3.05) is 0 Å². The van der Waals surface area contributed by atoms with Gasteiger partial charge in [-0.1, -0.05) is 18.2 Å². The first-order chi connectivity index (χ1) is 3.61. The molecule has 1 nitrogen and oxygen atoms in total. The maximum Gasteiger partial charge on any atom is 0.0840 e. The van der Waals surface area contributed by atoms with Crippen LogP contribution in [0, 0.1) is 0 Å². The van der Waals surface area contributed by atoms with Crippen molar-refractivity contribution in [3.8, 4) is 0 Å². The molecular weight excluding hydrogens is 100 g/mol. The van der Waals surface area contributed by atoms with E-state index < -0.39 is 5.60 Å². The van der Waals surface area contributed by atoms with Crippen LogP contribution in [0.5, 0.6) is 0 Å². The van der Waals surface area contributed by atoms with Crippen LogP contribution in [0.1, 0.15) is 13.8 Å². The Bertz CT molecular complexity index is 146. The summed E-state index contributed by atoms with van der Waals surface area (Å²) in [7, 11) is 0. The number of rotatable bonds is 1. The van der Waals surface area contributed by atoms with E-state index in [9.17, 15) is 5.11 Å². The van der Waals surface area contributed by atoms with Crippen molar-refractivity contribution in [3.63, 3.8) is 0 Å². The highest BCUT2D eigenvalue weighted by atomic mass is 16.3. The number of aliphatic hydroxyl groups is 1. The fourth-order valence-electron chi connectivity index (χ4n) is 0.600. The molecule has 44 valence electrons. The minimum Gasteiger partial charge on any atom is -0.386 e. The highest BCUT2D eigenvalue weighted by Gasteiger charge is 2.18. The zero-order chi connectivity index (χ0) is 6.20. The summed E-state index contributed by atoms with van der Waals surface area (Å²) in [5.41, 5.74) is 0.381. The van der Waals surface area contributed by atoms with Crippen LogP contribution in [0.3, 0.4) is 0 Å². The molecular formula is C7H10O. The van der Waals surface area contributed by atoms with Gasteiger partial charge in [0.05, 0.1) is 5.60 Å². The largest absolute Gasteiger partial charge is 0.386 e. The lowest BCUT2D eigenvalue weighted by Gasteiger charge is -2.21. The second-order valence-corrected chi connectivity index (χ2v) is 2.54. The summed E-state index contributed by atoms with van der Waals surface area (Å²) in [6, 6.07) is 0. The third-order valence-electron chi connectivity index (χ3n) is 1.26. The molecule has 0 saturated heterocycles. The minimum atomic E-state index is -0.630. The van der Waals surface area contributed by atoms with E-state index in [-0.39, 0.29) is 0 Å². The Hall–Kier alpha value is -0.560. The number of hydrogen-bond donors (Lipinski definition) is 1. The monoisotopic (exact) mass is 110 g/mol. The van der Waals surface area contributed by atoms with Gasteiger partial charge in [-0.3, -0.25) is 0 Å². The molecule has 0 heterocycles. The summed E-state index contributed by atoms with van der Waals surface area (Å²) < 4.78 is 0. The Morgan fingerprint density at radius 1 is 1.50 bits per heavy atom. The van der Waals surface area contributed by atoms with Crippen molar-refractivity contribution in [1.29, 1.82) is 0 Å². The Balaban J connectivity index is 2.61. The van der Waals surface area contributed by atoms with Gasteiger partial charge < -0.3 is 5.11 Å².